The topological polar surface area (TPSA) is 112 Å². The van der Waals surface area contributed by atoms with Crippen LogP contribution in [0.15, 0.2) is 34.8 Å². The normalized spacial score (nSPS) is 12.0. The van der Waals surface area contributed by atoms with E-state index in [1.807, 2.05) is 0 Å². The van der Waals surface area contributed by atoms with Gasteiger partial charge in [-0.25, -0.2) is 19.4 Å². The molecule has 1 aromatic rings. The highest BCUT2D eigenvalue weighted by molar-refractivity contribution is 6.39. The maximum absolute atomic E-state index is 13.8. The van der Waals surface area contributed by atoms with Crippen LogP contribution in [-0.4, -0.2) is 62.1 Å². The Balaban J connectivity index is 4.10. The summed E-state index contributed by atoms with van der Waals surface area (Å²) in [4.78, 5) is 54.9. The number of alkyl halides is 3. The van der Waals surface area contributed by atoms with Crippen molar-refractivity contribution in [3.05, 3.63) is 35.4 Å². The zero-order valence-electron chi connectivity index (χ0n) is 19.5. The molecule has 9 nitrogen and oxygen atoms in total. The van der Waals surface area contributed by atoms with Gasteiger partial charge in [0.2, 0.25) is 0 Å². The number of hydrogen-bond donors (Lipinski definition) is 0. The lowest BCUT2D eigenvalue weighted by Crippen LogP contribution is -2.52. The standard InChI is InChI=1S/C22H25F3N2O7/c1-7-34-20(31)17(28)27(15-11-9-8-10-14(15)22(23,24)25)16(19(30)33-6)13(18(29)32-5)12-26-21(2,3)4/h8-11,16H,7H2,1-6H3. The third-order valence-corrected chi connectivity index (χ3v) is 4.01. The van der Waals surface area contributed by atoms with Gasteiger partial charge < -0.3 is 14.2 Å². The molecule has 0 fully saturated rings. The van der Waals surface area contributed by atoms with Crippen molar-refractivity contribution in [3.63, 3.8) is 0 Å². The molecule has 0 aromatic heterocycles. The SMILES string of the molecule is CCOC(=O)C(=O)N(c1ccccc1C(F)(F)F)C(C(=O)OC)C(=C=NC(C)(C)C)C(=O)OC. The van der Waals surface area contributed by atoms with E-state index < -0.39 is 58.4 Å². The Labute approximate surface area is 194 Å². The van der Waals surface area contributed by atoms with Gasteiger partial charge in [-0.3, -0.25) is 9.69 Å². The average molecular weight is 486 g/mol. The van der Waals surface area contributed by atoms with E-state index in [1.165, 1.54) is 6.92 Å². The van der Waals surface area contributed by atoms with Crippen LogP contribution in [0, 0.1) is 0 Å². The van der Waals surface area contributed by atoms with Crippen LogP contribution in [0.5, 0.6) is 0 Å². The lowest BCUT2D eigenvalue weighted by molar-refractivity contribution is -0.154. The van der Waals surface area contributed by atoms with Crippen LogP contribution < -0.4 is 4.90 Å². The number of para-hydroxylation sites is 1. The van der Waals surface area contributed by atoms with Gasteiger partial charge in [-0.2, -0.15) is 13.2 Å². The number of anilines is 1. The van der Waals surface area contributed by atoms with Gasteiger partial charge in [0, 0.05) is 0 Å². The highest BCUT2D eigenvalue weighted by Crippen LogP contribution is 2.38. The smallest absolute Gasteiger partial charge is 0.418 e. The molecule has 1 atom stereocenters. The summed E-state index contributed by atoms with van der Waals surface area (Å²) in [6, 6.07) is 1.47. The Morgan fingerprint density at radius 1 is 1.03 bits per heavy atom. The first-order chi connectivity index (χ1) is 15.7. The number of ether oxygens (including phenoxy) is 3. The summed E-state index contributed by atoms with van der Waals surface area (Å²) in [7, 11) is 1.82. The molecule has 34 heavy (non-hydrogen) atoms. The number of nitrogens with zero attached hydrogens (tertiary/aromatic N) is 2. The molecule has 0 aliphatic carbocycles. The molecule has 0 saturated heterocycles. The summed E-state index contributed by atoms with van der Waals surface area (Å²) in [6.45, 7) is 5.92. The molecule has 1 rings (SSSR count). The summed E-state index contributed by atoms with van der Waals surface area (Å²) in [5, 5.41) is 0. The number of amides is 1. The van der Waals surface area contributed by atoms with Crippen molar-refractivity contribution in [2.45, 2.75) is 45.5 Å². The van der Waals surface area contributed by atoms with Gasteiger partial charge in [0.05, 0.1) is 37.6 Å². The van der Waals surface area contributed by atoms with E-state index in [4.69, 9.17) is 0 Å². The van der Waals surface area contributed by atoms with Crippen molar-refractivity contribution in [2.75, 3.05) is 25.7 Å². The van der Waals surface area contributed by atoms with E-state index in [0.29, 0.717) is 6.07 Å². The van der Waals surface area contributed by atoms with Gasteiger partial charge in [0.25, 0.3) is 0 Å². The van der Waals surface area contributed by atoms with Crippen LogP contribution in [-0.2, 0) is 39.6 Å². The van der Waals surface area contributed by atoms with Crippen molar-refractivity contribution in [1.29, 1.82) is 0 Å². The quantitative estimate of drug-likeness (QED) is 0.200. The Bertz CT molecular complexity index is 1010. The first-order valence-electron chi connectivity index (χ1n) is 9.87. The van der Waals surface area contributed by atoms with Gasteiger partial charge in [-0.15, -0.1) is 0 Å². The second-order valence-corrected chi connectivity index (χ2v) is 7.64. The van der Waals surface area contributed by atoms with Crippen molar-refractivity contribution < 1.29 is 46.6 Å². The van der Waals surface area contributed by atoms with Crippen LogP contribution in [0.4, 0.5) is 18.9 Å². The second-order valence-electron chi connectivity index (χ2n) is 7.64. The molecule has 0 aliphatic heterocycles. The van der Waals surface area contributed by atoms with E-state index in [2.05, 4.69) is 25.1 Å². The van der Waals surface area contributed by atoms with E-state index in [9.17, 15) is 32.3 Å². The number of carbonyl (C=O) groups is 4. The molecule has 0 spiro atoms. The third kappa shape index (κ3) is 7.17. The predicted molar refractivity (Wildman–Crippen MR) is 114 cm³/mol. The van der Waals surface area contributed by atoms with Crippen LogP contribution in [0.3, 0.4) is 0 Å². The Kier molecular flexibility index (Phi) is 9.57. The first-order valence-corrected chi connectivity index (χ1v) is 9.87. The number of esters is 3. The molecule has 0 heterocycles. The van der Waals surface area contributed by atoms with Crippen LogP contribution >= 0.6 is 0 Å². The zero-order chi connectivity index (χ0) is 26.3. The number of methoxy groups -OCH3 is 2. The molecule has 0 saturated carbocycles. The lowest BCUT2D eigenvalue weighted by atomic mass is 10.0. The first kappa shape index (κ1) is 28.4. The lowest BCUT2D eigenvalue weighted by Gasteiger charge is -2.31. The number of hydrogen-bond acceptors (Lipinski definition) is 8. The number of aliphatic imine (C=N–C) groups is 1. The van der Waals surface area contributed by atoms with Gasteiger partial charge >= 0.3 is 30.0 Å². The fourth-order valence-corrected chi connectivity index (χ4v) is 2.60. The summed E-state index contributed by atoms with van der Waals surface area (Å²) >= 11 is 0. The minimum Gasteiger partial charge on any atom is -0.467 e. The van der Waals surface area contributed by atoms with Gasteiger partial charge in [-0.05, 0) is 45.7 Å². The molecule has 1 aromatic carbocycles. The van der Waals surface area contributed by atoms with Crippen molar-refractivity contribution in [1.82, 2.24) is 0 Å². The Morgan fingerprint density at radius 2 is 1.62 bits per heavy atom. The predicted octanol–water partition coefficient (Wildman–Crippen LogP) is 2.71. The molecule has 186 valence electrons. The summed E-state index contributed by atoms with van der Waals surface area (Å²) in [6.07, 6.45) is -5.00. The van der Waals surface area contributed by atoms with Gasteiger partial charge in [-0.1, -0.05) is 12.1 Å². The summed E-state index contributed by atoms with van der Waals surface area (Å²) in [5.41, 5.74) is -3.88. The third-order valence-electron chi connectivity index (χ3n) is 4.01. The van der Waals surface area contributed by atoms with Crippen molar-refractivity contribution >= 4 is 35.4 Å². The van der Waals surface area contributed by atoms with E-state index in [1.54, 1.807) is 20.8 Å². The Hall–Kier alpha value is -3.66. The second kappa shape index (κ2) is 11.5. The summed E-state index contributed by atoms with van der Waals surface area (Å²) < 4.78 is 55.3. The minimum atomic E-state index is -5.00. The Morgan fingerprint density at radius 3 is 2.09 bits per heavy atom. The molecule has 12 heteroatoms. The van der Waals surface area contributed by atoms with Crippen LogP contribution in [0.25, 0.3) is 0 Å². The van der Waals surface area contributed by atoms with Crippen LogP contribution in [0.1, 0.15) is 33.3 Å². The molecule has 0 bridgehead atoms. The number of benzene rings is 1. The highest BCUT2D eigenvalue weighted by atomic mass is 19.4. The largest absolute Gasteiger partial charge is 0.467 e. The minimum absolute atomic E-state index is 0.171. The van der Waals surface area contributed by atoms with E-state index in [-0.39, 0.29) is 11.5 Å². The molecule has 1 amide bonds. The number of halogens is 3. The molecular formula is C22H25F3N2O7. The molecular weight excluding hydrogens is 461 g/mol. The number of carbonyl (C=O) groups excluding carboxylic acids is 4. The molecule has 0 N–H and O–H groups in total. The van der Waals surface area contributed by atoms with Gasteiger partial charge in [0.1, 0.15) is 5.57 Å². The fraction of sp³-hybridized carbons (Fsp3) is 0.455. The van der Waals surface area contributed by atoms with Crippen molar-refractivity contribution in [2.24, 2.45) is 4.99 Å². The highest BCUT2D eigenvalue weighted by Gasteiger charge is 2.45. The number of rotatable bonds is 6. The van der Waals surface area contributed by atoms with Crippen LogP contribution in [0.2, 0.25) is 0 Å². The van der Waals surface area contributed by atoms with E-state index >= 15 is 0 Å². The average Bonchev–Trinajstić information content (AvgIpc) is 2.76. The maximum Gasteiger partial charge on any atom is 0.418 e. The molecule has 0 aliphatic rings. The fourth-order valence-electron chi connectivity index (χ4n) is 2.60. The molecule has 0 radical (unpaired) electrons. The molecule has 1 unspecified atom stereocenters. The summed E-state index contributed by atoms with van der Waals surface area (Å²) in [5.74, 6) is -3.52. The van der Waals surface area contributed by atoms with E-state index in [0.717, 1.165) is 32.4 Å². The van der Waals surface area contributed by atoms with Gasteiger partial charge in [0.15, 0.2) is 6.04 Å². The monoisotopic (exact) mass is 486 g/mol. The zero-order valence-corrected chi connectivity index (χ0v) is 19.5. The maximum atomic E-state index is 13.8. The van der Waals surface area contributed by atoms with Crippen molar-refractivity contribution in [3.8, 4) is 0 Å².